The summed E-state index contributed by atoms with van der Waals surface area (Å²) in [5.74, 6) is 0. The second-order valence-corrected chi connectivity index (χ2v) is 3.96. The van der Waals surface area contributed by atoms with Crippen molar-refractivity contribution in [1.82, 2.24) is 9.89 Å². The highest BCUT2D eigenvalue weighted by molar-refractivity contribution is 5.98. The Hall–Kier alpha value is -1.99. The number of hydrogen-bond donors (Lipinski definition) is 3. The van der Waals surface area contributed by atoms with Crippen LogP contribution in [0.4, 0.5) is 11.4 Å². The first-order chi connectivity index (χ1) is 9.22. The quantitative estimate of drug-likeness (QED) is 0.522. The molecule has 104 valence electrons. The van der Waals surface area contributed by atoms with Crippen LogP contribution in [0.5, 0.6) is 0 Å². The summed E-state index contributed by atoms with van der Waals surface area (Å²) in [6.07, 6.45) is 1.72. The van der Waals surface area contributed by atoms with E-state index in [0.717, 1.165) is 16.6 Å². The van der Waals surface area contributed by atoms with Crippen molar-refractivity contribution in [3.63, 3.8) is 0 Å². The van der Waals surface area contributed by atoms with Crippen molar-refractivity contribution in [2.75, 3.05) is 43.0 Å². The number of anilines is 2. The highest BCUT2D eigenvalue weighted by Gasteiger charge is 2.15. The number of hydrogen-bond acceptors (Lipinski definition) is 6. The summed E-state index contributed by atoms with van der Waals surface area (Å²) in [4.78, 5) is 7.14. The van der Waals surface area contributed by atoms with Gasteiger partial charge >= 0.3 is 0 Å². The number of nitrogen functional groups attached to an aromatic ring is 1. The molecule has 0 fully saturated rings. The summed E-state index contributed by atoms with van der Waals surface area (Å²) in [6.45, 7) is 2.81. The van der Waals surface area contributed by atoms with Crippen LogP contribution in [0.15, 0.2) is 18.3 Å². The molecule has 2 rings (SSSR count). The number of fused-ring (bicyclic) bond motifs is 1. The molecule has 7 nitrogen and oxygen atoms in total. The lowest BCUT2D eigenvalue weighted by Gasteiger charge is -2.23. The molecule has 0 bridgehead atoms. The van der Waals surface area contributed by atoms with E-state index < -0.39 is 0 Å². The fourth-order valence-corrected chi connectivity index (χ4v) is 2.04. The molecular formula is C12H19N5O2. The van der Waals surface area contributed by atoms with Crippen molar-refractivity contribution in [2.45, 2.75) is 6.92 Å². The van der Waals surface area contributed by atoms with Gasteiger partial charge in [-0.25, -0.2) is 0 Å². The zero-order valence-corrected chi connectivity index (χ0v) is 11.1. The zero-order chi connectivity index (χ0) is 13.8. The molecule has 0 saturated carbocycles. The third-order valence-electron chi connectivity index (χ3n) is 2.81. The van der Waals surface area contributed by atoms with Crippen molar-refractivity contribution in [2.24, 2.45) is 0 Å². The van der Waals surface area contributed by atoms with Crippen molar-refractivity contribution >= 4 is 22.3 Å². The Labute approximate surface area is 111 Å². The van der Waals surface area contributed by atoms with Crippen LogP contribution in [-0.4, -0.2) is 41.8 Å². The van der Waals surface area contributed by atoms with Gasteiger partial charge in [0.15, 0.2) is 0 Å². The molecule has 0 unspecified atom stereocenters. The molecule has 0 radical (unpaired) electrons. The van der Waals surface area contributed by atoms with E-state index >= 15 is 0 Å². The predicted octanol–water partition coefficient (Wildman–Crippen LogP) is 0.542. The van der Waals surface area contributed by atoms with Gasteiger partial charge in [0.2, 0.25) is 0 Å². The molecule has 0 amide bonds. The van der Waals surface area contributed by atoms with Gasteiger partial charge in [-0.05, 0) is 19.1 Å². The zero-order valence-electron chi connectivity index (χ0n) is 11.1. The van der Waals surface area contributed by atoms with Gasteiger partial charge < -0.3 is 16.3 Å². The number of aromatic nitrogens is 2. The largest absolute Gasteiger partial charge is 0.397 e. The number of rotatable bonds is 6. The standard InChI is InChI=1S/C12H19N5O2/c1-3-19-16(6-7-18)11-5-4-10(13)12-9(11)8-15-17(12)14-2/h4-5,8,14,18H,3,6-7,13H2,1-2H3. The molecule has 0 atom stereocenters. The van der Waals surface area contributed by atoms with Crippen LogP contribution in [0.25, 0.3) is 10.9 Å². The first kappa shape index (κ1) is 13.4. The predicted molar refractivity (Wildman–Crippen MR) is 75.5 cm³/mol. The molecule has 0 aliphatic rings. The van der Waals surface area contributed by atoms with Crippen LogP contribution in [0.3, 0.4) is 0 Å². The Morgan fingerprint density at radius 1 is 1.53 bits per heavy atom. The minimum atomic E-state index is 0.00599. The Morgan fingerprint density at radius 2 is 2.32 bits per heavy atom. The van der Waals surface area contributed by atoms with E-state index in [4.69, 9.17) is 15.7 Å². The molecule has 1 heterocycles. The molecule has 7 heteroatoms. The van der Waals surface area contributed by atoms with Gasteiger partial charge in [0.05, 0.1) is 37.3 Å². The van der Waals surface area contributed by atoms with Crippen molar-refractivity contribution in [1.29, 1.82) is 0 Å². The normalized spacial score (nSPS) is 10.9. The topological polar surface area (TPSA) is 88.6 Å². The molecule has 1 aromatic carbocycles. The number of aliphatic hydroxyl groups excluding tert-OH is 1. The number of nitrogens with two attached hydrogens (primary N) is 1. The smallest absolute Gasteiger partial charge is 0.117 e. The van der Waals surface area contributed by atoms with Gasteiger partial charge in [0.25, 0.3) is 0 Å². The number of benzene rings is 1. The van der Waals surface area contributed by atoms with Crippen LogP contribution in [-0.2, 0) is 4.84 Å². The van der Waals surface area contributed by atoms with Crippen LogP contribution in [0.1, 0.15) is 6.92 Å². The third-order valence-corrected chi connectivity index (χ3v) is 2.81. The van der Waals surface area contributed by atoms with E-state index in [1.54, 1.807) is 29.2 Å². The van der Waals surface area contributed by atoms with Crippen LogP contribution in [0.2, 0.25) is 0 Å². The summed E-state index contributed by atoms with van der Waals surface area (Å²) in [5, 5.41) is 15.9. The third kappa shape index (κ3) is 2.42. The molecule has 0 spiro atoms. The highest BCUT2D eigenvalue weighted by atomic mass is 16.7. The summed E-state index contributed by atoms with van der Waals surface area (Å²) in [7, 11) is 1.77. The Morgan fingerprint density at radius 3 is 2.95 bits per heavy atom. The molecule has 19 heavy (non-hydrogen) atoms. The van der Waals surface area contributed by atoms with Crippen LogP contribution < -0.4 is 16.2 Å². The summed E-state index contributed by atoms with van der Waals surface area (Å²) in [5.41, 5.74) is 11.2. The average molecular weight is 265 g/mol. The SMILES string of the molecule is CCON(CCO)c1ccc(N)c2c1cnn2NC. The van der Waals surface area contributed by atoms with E-state index in [-0.39, 0.29) is 6.61 Å². The van der Waals surface area contributed by atoms with E-state index in [2.05, 4.69) is 10.5 Å². The van der Waals surface area contributed by atoms with Gasteiger partial charge in [0.1, 0.15) is 5.52 Å². The maximum atomic E-state index is 9.12. The Bertz CT molecular complexity index is 548. The maximum Gasteiger partial charge on any atom is 0.117 e. The van der Waals surface area contributed by atoms with Crippen LogP contribution >= 0.6 is 0 Å². The molecular weight excluding hydrogens is 246 g/mol. The van der Waals surface area contributed by atoms with Gasteiger partial charge in [-0.15, -0.1) is 0 Å². The fourth-order valence-electron chi connectivity index (χ4n) is 2.04. The van der Waals surface area contributed by atoms with E-state index in [0.29, 0.717) is 18.8 Å². The minimum absolute atomic E-state index is 0.00599. The number of aliphatic hydroxyl groups is 1. The lowest BCUT2D eigenvalue weighted by atomic mass is 10.2. The number of nitrogens with zero attached hydrogens (tertiary/aromatic N) is 3. The summed E-state index contributed by atoms with van der Waals surface area (Å²) >= 11 is 0. The minimum Gasteiger partial charge on any atom is -0.397 e. The van der Waals surface area contributed by atoms with Gasteiger partial charge in [0, 0.05) is 12.4 Å². The molecule has 4 N–H and O–H groups in total. The molecule has 0 aliphatic carbocycles. The van der Waals surface area contributed by atoms with E-state index in [1.807, 2.05) is 13.0 Å². The molecule has 0 aliphatic heterocycles. The van der Waals surface area contributed by atoms with E-state index in [1.165, 1.54) is 0 Å². The fraction of sp³-hybridized carbons (Fsp3) is 0.417. The molecule has 0 saturated heterocycles. The Kier molecular flexibility index (Phi) is 4.08. The lowest BCUT2D eigenvalue weighted by Crippen LogP contribution is -2.27. The Balaban J connectivity index is 2.53. The lowest BCUT2D eigenvalue weighted by molar-refractivity contribution is 0.108. The second kappa shape index (κ2) is 5.77. The van der Waals surface area contributed by atoms with Crippen molar-refractivity contribution < 1.29 is 9.94 Å². The van der Waals surface area contributed by atoms with Crippen LogP contribution in [0, 0.1) is 0 Å². The highest BCUT2D eigenvalue weighted by Crippen LogP contribution is 2.30. The molecule has 2 aromatic rings. The first-order valence-corrected chi connectivity index (χ1v) is 6.18. The van der Waals surface area contributed by atoms with Gasteiger partial charge in [-0.3, -0.25) is 9.90 Å². The van der Waals surface area contributed by atoms with Gasteiger partial charge in [-0.1, -0.05) is 0 Å². The summed E-state index contributed by atoms with van der Waals surface area (Å²) in [6, 6.07) is 3.67. The maximum absolute atomic E-state index is 9.12. The number of hydroxylamine groups is 1. The average Bonchev–Trinajstić information content (AvgIpc) is 2.84. The van der Waals surface area contributed by atoms with Gasteiger partial charge in [-0.2, -0.15) is 9.89 Å². The van der Waals surface area contributed by atoms with Crippen molar-refractivity contribution in [3.05, 3.63) is 18.3 Å². The first-order valence-electron chi connectivity index (χ1n) is 6.18. The number of nitrogens with one attached hydrogen (secondary N) is 1. The second-order valence-electron chi connectivity index (χ2n) is 3.96. The van der Waals surface area contributed by atoms with E-state index in [9.17, 15) is 0 Å². The molecule has 1 aromatic heterocycles. The summed E-state index contributed by atoms with van der Waals surface area (Å²) < 4.78 is 0. The monoisotopic (exact) mass is 265 g/mol. The van der Waals surface area contributed by atoms with Crippen molar-refractivity contribution in [3.8, 4) is 0 Å².